The summed E-state index contributed by atoms with van der Waals surface area (Å²) in [5.74, 6) is 0.598. The number of hydrogen-bond acceptors (Lipinski definition) is 5. The first-order chi connectivity index (χ1) is 14.0. The van der Waals surface area contributed by atoms with Crippen molar-refractivity contribution in [1.82, 2.24) is 29.9 Å². The van der Waals surface area contributed by atoms with Crippen molar-refractivity contribution < 1.29 is 9.53 Å². The number of aryl methyl sites for hydroxylation is 1. The molecule has 0 aliphatic rings. The summed E-state index contributed by atoms with van der Waals surface area (Å²) in [5, 5.41) is 12.2. The van der Waals surface area contributed by atoms with E-state index < -0.39 is 0 Å². The van der Waals surface area contributed by atoms with E-state index in [1.807, 2.05) is 56.6 Å². The van der Waals surface area contributed by atoms with E-state index in [-0.39, 0.29) is 11.9 Å². The predicted octanol–water partition coefficient (Wildman–Crippen LogP) is 2.66. The fourth-order valence-corrected chi connectivity index (χ4v) is 3.25. The molecule has 8 nitrogen and oxygen atoms in total. The van der Waals surface area contributed by atoms with Gasteiger partial charge in [-0.05, 0) is 43.3 Å². The van der Waals surface area contributed by atoms with Gasteiger partial charge < -0.3 is 10.1 Å². The van der Waals surface area contributed by atoms with Gasteiger partial charge >= 0.3 is 0 Å². The van der Waals surface area contributed by atoms with Gasteiger partial charge in [-0.15, -0.1) is 0 Å². The molecule has 0 unspecified atom stereocenters. The quantitative estimate of drug-likeness (QED) is 0.547. The maximum absolute atomic E-state index is 13.1. The third kappa shape index (κ3) is 3.82. The zero-order chi connectivity index (χ0) is 20.4. The second-order valence-corrected chi connectivity index (χ2v) is 6.89. The van der Waals surface area contributed by atoms with Gasteiger partial charge in [0.15, 0.2) is 5.65 Å². The SMILES string of the molecule is COc1ccc(-c2cc(C(=O)N[C@H](C)Cn3cccn3)c3cnn(C)c3n2)cc1. The van der Waals surface area contributed by atoms with E-state index in [4.69, 9.17) is 9.72 Å². The molecule has 0 radical (unpaired) electrons. The average molecular weight is 390 g/mol. The molecular weight excluding hydrogens is 368 g/mol. The van der Waals surface area contributed by atoms with Crippen LogP contribution in [0.5, 0.6) is 5.75 Å². The molecule has 1 amide bonds. The lowest BCUT2D eigenvalue weighted by Gasteiger charge is -2.15. The molecule has 3 aromatic heterocycles. The third-order valence-corrected chi connectivity index (χ3v) is 4.73. The lowest BCUT2D eigenvalue weighted by Crippen LogP contribution is -2.36. The summed E-state index contributed by atoms with van der Waals surface area (Å²) in [4.78, 5) is 17.8. The molecule has 1 atom stereocenters. The van der Waals surface area contributed by atoms with E-state index in [2.05, 4.69) is 15.5 Å². The second-order valence-electron chi connectivity index (χ2n) is 6.89. The lowest BCUT2D eigenvalue weighted by molar-refractivity contribution is 0.0937. The summed E-state index contributed by atoms with van der Waals surface area (Å²) in [7, 11) is 3.44. The lowest BCUT2D eigenvalue weighted by atomic mass is 10.1. The van der Waals surface area contributed by atoms with E-state index >= 15 is 0 Å². The highest BCUT2D eigenvalue weighted by Gasteiger charge is 2.18. The molecule has 3 heterocycles. The number of nitrogens with one attached hydrogen (secondary N) is 1. The van der Waals surface area contributed by atoms with Gasteiger partial charge in [0.2, 0.25) is 0 Å². The van der Waals surface area contributed by atoms with Crippen molar-refractivity contribution in [3.63, 3.8) is 0 Å². The molecule has 0 fully saturated rings. The molecular formula is C21H22N6O2. The fourth-order valence-electron chi connectivity index (χ4n) is 3.25. The van der Waals surface area contributed by atoms with Crippen molar-refractivity contribution in [3.05, 3.63) is 60.6 Å². The van der Waals surface area contributed by atoms with Crippen molar-refractivity contribution in [2.75, 3.05) is 7.11 Å². The van der Waals surface area contributed by atoms with Crippen LogP contribution in [0.15, 0.2) is 55.0 Å². The molecule has 29 heavy (non-hydrogen) atoms. The second kappa shape index (κ2) is 7.75. The van der Waals surface area contributed by atoms with Gasteiger partial charge in [0, 0.05) is 31.0 Å². The Bertz CT molecular complexity index is 1130. The van der Waals surface area contributed by atoms with Crippen LogP contribution in [0.2, 0.25) is 0 Å². The minimum atomic E-state index is -0.167. The van der Waals surface area contributed by atoms with E-state index in [1.165, 1.54) is 0 Å². The number of benzene rings is 1. The molecule has 0 saturated heterocycles. The smallest absolute Gasteiger partial charge is 0.252 e. The molecule has 4 aromatic rings. The van der Waals surface area contributed by atoms with Gasteiger partial charge in [-0.2, -0.15) is 10.2 Å². The Hall–Kier alpha value is -3.68. The van der Waals surface area contributed by atoms with E-state index in [0.29, 0.717) is 28.8 Å². The number of rotatable bonds is 6. The van der Waals surface area contributed by atoms with Crippen LogP contribution in [0.1, 0.15) is 17.3 Å². The van der Waals surface area contributed by atoms with Gasteiger partial charge in [-0.25, -0.2) is 4.98 Å². The fraction of sp³-hybridized carbons (Fsp3) is 0.238. The zero-order valence-corrected chi connectivity index (χ0v) is 16.5. The Labute approximate surface area is 168 Å². The molecule has 4 rings (SSSR count). The molecule has 0 saturated carbocycles. The number of ether oxygens (including phenoxy) is 1. The first-order valence-electron chi connectivity index (χ1n) is 9.30. The molecule has 1 N–H and O–H groups in total. The zero-order valence-electron chi connectivity index (χ0n) is 16.5. The normalized spacial score (nSPS) is 12.1. The van der Waals surface area contributed by atoms with Crippen LogP contribution < -0.4 is 10.1 Å². The van der Waals surface area contributed by atoms with Crippen molar-refractivity contribution in [3.8, 4) is 17.0 Å². The number of pyridine rings is 1. The summed E-state index contributed by atoms with van der Waals surface area (Å²) in [6.07, 6.45) is 5.27. The predicted molar refractivity (Wildman–Crippen MR) is 110 cm³/mol. The monoisotopic (exact) mass is 390 g/mol. The maximum atomic E-state index is 13.1. The Morgan fingerprint density at radius 2 is 2.03 bits per heavy atom. The number of carbonyl (C=O) groups excluding carboxylic acids is 1. The third-order valence-electron chi connectivity index (χ3n) is 4.73. The number of hydrogen-bond donors (Lipinski definition) is 1. The van der Waals surface area contributed by atoms with Crippen LogP contribution in [-0.4, -0.2) is 43.6 Å². The summed E-state index contributed by atoms with van der Waals surface area (Å²) >= 11 is 0. The van der Waals surface area contributed by atoms with Crippen LogP contribution in [0, 0.1) is 0 Å². The van der Waals surface area contributed by atoms with Crippen LogP contribution in [0.3, 0.4) is 0 Å². The minimum absolute atomic E-state index is 0.0910. The molecule has 148 valence electrons. The number of methoxy groups -OCH3 is 1. The average Bonchev–Trinajstić information content (AvgIpc) is 3.37. The highest BCUT2D eigenvalue weighted by Crippen LogP contribution is 2.26. The van der Waals surface area contributed by atoms with Crippen molar-refractivity contribution in [1.29, 1.82) is 0 Å². The molecule has 1 aromatic carbocycles. The van der Waals surface area contributed by atoms with Gasteiger partial charge in [-0.1, -0.05) is 0 Å². The summed E-state index contributed by atoms with van der Waals surface area (Å²) < 4.78 is 8.69. The Balaban J connectivity index is 1.67. The Morgan fingerprint density at radius 3 is 2.72 bits per heavy atom. The summed E-state index contributed by atoms with van der Waals surface area (Å²) in [6.45, 7) is 2.54. The highest BCUT2D eigenvalue weighted by atomic mass is 16.5. The van der Waals surface area contributed by atoms with Crippen molar-refractivity contribution in [2.45, 2.75) is 19.5 Å². The van der Waals surface area contributed by atoms with E-state index in [1.54, 1.807) is 28.9 Å². The molecule has 0 bridgehead atoms. The number of fused-ring (bicyclic) bond motifs is 1. The topological polar surface area (TPSA) is 86.9 Å². The molecule has 0 aliphatic carbocycles. The standard InChI is InChI=1S/C21H22N6O2/c1-14(13-27-10-4-9-22-27)24-21(28)17-11-19(15-5-7-16(29-3)8-6-15)25-20-18(17)12-23-26(20)2/h4-12,14H,13H2,1-3H3,(H,24,28)/t14-/m1/s1. The van der Waals surface area contributed by atoms with Crippen LogP contribution in [0.25, 0.3) is 22.3 Å². The van der Waals surface area contributed by atoms with Gasteiger partial charge in [-0.3, -0.25) is 14.2 Å². The van der Waals surface area contributed by atoms with Crippen LogP contribution in [-0.2, 0) is 13.6 Å². The number of aromatic nitrogens is 5. The van der Waals surface area contributed by atoms with Gasteiger partial charge in [0.25, 0.3) is 5.91 Å². The number of nitrogens with zero attached hydrogens (tertiary/aromatic N) is 5. The highest BCUT2D eigenvalue weighted by molar-refractivity contribution is 6.06. The van der Waals surface area contributed by atoms with Gasteiger partial charge in [0.05, 0.1) is 36.5 Å². The van der Waals surface area contributed by atoms with Crippen molar-refractivity contribution >= 4 is 16.9 Å². The molecule has 0 aliphatic heterocycles. The number of amides is 1. The Morgan fingerprint density at radius 1 is 1.24 bits per heavy atom. The first-order valence-corrected chi connectivity index (χ1v) is 9.30. The van der Waals surface area contributed by atoms with E-state index in [0.717, 1.165) is 11.3 Å². The summed E-state index contributed by atoms with van der Waals surface area (Å²) in [6, 6.07) is 11.2. The van der Waals surface area contributed by atoms with Crippen molar-refractivity contribution in [2.24, 2.45) is 7.05 Å². The molecule has 0 spiro atoms. The maximum Gasteiger partial charge on any atom is 0.252 e. The van der Waals surface area contributed by atoms with Crippen LogP contribution in [0.4, 0.5) is 0 Å². The van der Waals surface area contributed by atoms with E-state index in [9.17, 15) is 4.79 Å². The first kappa shape index (κ1) is 18.7. The van der Waals surface area contributed by atoms with Gasteiger partial charge in [0.1, 0.15) is 5.75 Å². The molecule has 8 heteroatoms. The Kier molecular flexibility index (Phi) is 4.99. The minimum Gasteiger partial charge on any atom is -0.497 e. The number of carbonyl (C=O) groups is 1. The van der Waals surface area contributed by atoms with Crippen LogP contribution >= 0.6 is 0 Å². The summed E-state index contributed by atoms with van der Waals surface area (Å²) in [5.41, 5.74) is 2.80. The largest absolute Gasteiger partial charge is 0.497 e.